The van der Waals surface area contributed by atoms with Gasteiger partial charge in [-0.2, -0.15) is 5.10 Å². The van der Waals surface area contributed by atoms with Crippen LogP contribution in [0.2, 0.25) is 0 Å². The minimum Gasteiger partial charge on any atom is -0.266 e. The normalized spacial score (nSPS) is 20.4. The average Bonchev–Trinajstić information content (AvgIpc) is 3.08. The molecule has 1 N–H and O–H groups in total. The summed E-state index contributed by atoms with van der Waals surface area (Å²) in [5.41, 5.74) is 5.10. The molecular formula is C17H18N2OS. The Labute approximate surface area is 128 Å². The summed E-state index contributed by atoms with van der Waals surface area (Å²) in [6, 6.07) is 14.1. The Balaban J connectivity index is 1.75. The lowest BCUT2D eigenvalue weighted by atomic mass is 9.82. The van der Waals surface area contributed by atoms with E-state index in [1.165, 1.54) is 23.3 Å². The van der Waals surface area contributed by atoms with E-state index in [0.717, 1.165) is 25.0 Å². The molecule has 108 valence electrons. The minimum absolute atomic E-state index is 0.116. The number of carbonyl (C=O) groups is 1. The molecule has 0 bridgehead atoms. The Morgan fingerprint density at radius 1 is 1.14 bits per heavy atom. The highest BCUT2D eigenvalue weighted by Crippen LogP contribution is 2.30. The van der Waals surface area contributed by atoms with Crippen LogP contribution < -0.4 is 5.43 Å². The lowest BCUT2D eigenvalue weighted by Gasteiger charge is -2.24. The molecule has 1 aromatic carbocycles. The van der Waals surface area contributed by atoms with Crippen molar-refractivity contribution in [2.45, 2.75) is 31.6 Å². The van der Waals surface area contributed by atoms with Crippen LogP contribution >= 0.6 is 11.3 Å². The second-order valence-corrected chi connectivity index (χ2v) is 6.18. The predicted octanol–water partition coefficient (Wildman–Crippen LogP) is 4.19. The standard InChI is InChI=1S/C17H18N2OS/c20-17(16-11-6-12-21-16)19-18-15-10-5-4-9-14(15)13-7-2-1-3-8-13/h1-3,6-8,11-12,14H,4-5,9-10H2,(H,19,20)/t14-/m1/s1. The first-order valence-corrected chi connectivity index (χ1v) is 8.18. The van der Waals surface area contributed by atoms with E-state index in [0.29, 0.717) is 10.8 Å². The summed E-state index contributed by atoms with van der Waals surface area (Å²) in [7, 11) is 0. The number of hydrazone groups is 1. The van der Waals surface area contributed by atoms with Gasteiger partial charge in [-0.05, 0) is 36.3 Å². The van der Waals surface area contributed by atoms with Gasteiger partial charge in [0.05, 0.1) is 4.88 Å². The van der Waals surface area contributed by atoms with Crippen molar-refractivity contribution < 1.29 is 4.79 Å². The molecule has 1 saturated carbocycles. The molecule has 1 heterocycles. The van der Waals surface area contributed by atoms with Crippen LogP contribution in [0.1, 0.15) is 46.8 Å². The van der Waals surface area contributed by atoms with Crippen LogP contribution in [0.4, 0.5) is 0 Å². The zero-order valence-electron chi connectivity index (χ0n) is 11.8. The van der Waals surface area contributed by atoms with Gasteiger partial charge in [0.1, 0.15) is 0 Å². The van der Waals surface area contributed by atoms with Gasteiger partial charge in [0, 0.05) is 11.6 Å². The number of nitrogens with zero attached hydrogens (tertiary/aromatic N) is 1. The van der Waals surface area contributed by atoms with Gasteiger partial charge in [0.15, 0.2) is 0 Å². The fourth-order valence-electron chi connectivity index (χ4n) is 2.76. The second kappa shape index (κ2) is 6.68. The van der Waals surface area contributed by atoms with Crippen LogP contribution in [0.25, 0.3) is 0 Å². The van der Waals surface area contributed by atoms with Crippen molar-refractivity contribution in [2.75, 3.05) is 0 Å². The highest BCUT2D eigenvalue weighted by molar-refractivity contribution is 7.12. The quantitative estimate of drug-likeness (QED) is 0.848. The van der Waals surface area contributed by atoms with Crippen molar-refractivity contribution in [3.63, 3.8) is 0 Å². The van der Waals surface area contributed by atoms with Gasteiger partial charge in [0.2, 0.25) is 0 Å². The molecule has 21 heavy (non-hydrogen) atoms. The molecule has 1 aromatic heterocycles. The topological polar surface area (TPSA) is 41.5 Å². The number of amides is 1. The monoisotopic (exact) mass is 298 g/mol. The maximum Gasteiger partial charge on any atom is 0.281 e. The second-order valence-electron chi connectivity index (χ2n) is 5.23. The van der Waals surface area contributed by atoms with Gasteiger partial charge in [-0.25, -0.2) is 5.43 Å². The van der Waals surface area contributed by atoms with Gasteiger partial charge < -0.3 is 0 Å². The predicted molar refractivity (Wildman–Crippen MR) is 86.9 cm³/mol. The van der Waals surface area contributed by atoms with Gasteiger partial charge in [-0.3, -0.25) is 4.79 Å². The van der Waals surface area contributed by atoms with Crippen molar-refractivity contribution in [1.29, 1.82) is 0 Å². The molecule has 4 heteroatoms. The van der Waals surface area contributed by atoms with Crippen molar-refractivity contribution in [1.82, 2.24) is 5.43 Å². The largest absolute Gasteiger partial charge is 0.281 e. The van der Waals surface area contributed by atoms with E-state index in [2.05, 4.69) is 34.8 Å². The number of carbonyl (C=O) groups excluding carboxylic acids is 1. The molecule has 1 aliphatic rings. The van der Waals surface area contributed by atoms with Crippen LogP contribution in [0.15, 0.2) is 52.9 Å². The molecule has 3 rings (SSSR count). The van der Waals surface area contributed by atoms with Crippen molar-refractivity contribution in [3.05, 3.63) is 58.3 Å². The van der Waals surface area contributed by atoms with Gasteiger partial charge in [-0.1, -0.05) is 42.8 Å². The Morgan fingerprint density at radius 3 is 2.76 bits per heavy atom. The third-order valence-electron chi connectivity index (χ3n) is 3.83. The number of hydrogen-bond acceptors (Lipinski definition) is 3. The third kappa shape index (κ3) is 3.39. The maximum atomic E-state index is 12.0. The first-order valence-electron chi connectivity index (χ1n) is 7.30. The molecule has 1 amide bonds. The van der Waals surface area contributed by atoms with E-state index < -0.39 is 0 Å². The number of thiophene rings is 1. The summed E-state index contributed by atoms with van der Waals surface area (Å²) in [4.78, 5) is 12.7. The molecule has 0 unspecified atom stereocenters. The molecule has 1 atom stereocenters. The number of nitrogens with one attached hydrogen (secondary N) is 1. The molecule has 2 aromatic rings. The van der Waals surface area contributed by atoms with Crippen LogP contribution in [0.3, 0.4) is 0 Å². The fourth-order valence-corrected chi connectivity index (χ4v) is 3.37. The Kier molecular flexibility index (Phi) is 4.46. The molecule has 0 radical (unpaired) electrons. The Bertz CT molecular complexity index is 620. The van der Waals surface area contributed by atoms with E-state index >= 15 is 0 Å². The van der Waals surface area contributed by atoms with E-state index in [1.54, 1.807) is 0 Å². The third-order valence-corrected chi connectivity index (χ3v) is 4.69. The van der Waals surface area contributed by atoms with Crippen molar-refractivity contribution in [2.24, 2.45) is 5.10 Å². The smallest absolute Gasteiger partial charge is 0.266 e. The maximum absolute atomic E-state index is 12.0. The van der Waals surface area contributed by atoms with Gasteiger partial charge >= 0.3 is 0 Å². The Morgan fingerprint density at radius 2 is 2.00 bits per heavy atom. The van der Waals surface area contributed by atoms with E-state index in [1.807, 2.05) is 23.6 Å². The van der Waals surface area contributed by atoms with Crippen LogP contribution in [0.5, 0.6) is 0 Å². The summed E-state index contributed by atoms with van der Waals surface area (Å²) in [5, 5.41) is 6.32. The van der Waals surface area contributed by atoms with Crippen molar-refractivity contribution >= 4 is 23.0 Å². The molecule has 0 aliphatic heterocycles. The lowest BCUT2D eigenvalue weighted by molar-refractivity contribution is 0.0958. The number of hydrogen-bond donors (Lipinski definition) is 1. The molecule has 3 nitrogen and oxygen atoms in total. The highest BCUT2D eigenvalue weighted by Gasteiger charge is 2.22. The SMILES string of the molecule is O=C(NN=C1CCCC[C@@H]1c1ccccc1)c1cccs1. The molecule has 1 fully saturated rings. The molecular weight excluding hydrogens is 280 g/mol. The van der Waals surface area contributed by atoms with Crippen LogP contribution in [-0.4, -0.2) is 11.6 Å². The summed E-state index contributed by atoms with van der Waals surface area (Å²) < 4.78 is 0. The molecule has 0 saturated heterocycles. The fraction of sp³-hybridized carbons (Fsp3) is 0.294. The van der Waals surface area contributed by atoms with Crippen LogP contribution in [-0.2, 0) is 0 Å². The molecule has 0 spiro atoms. The average molecular weight is 298 g/mol. The first kappa shape index (κ1) is 14.0. The van der Waals surface area contributed by atoms with E-state index in [-0.39, 0.29) is 5.91 Å². The van der Waals surface area contributed by atoms with E-state index in [4.69, 9.17) is 0 Å². The zero-order chi connectivity index (χ0) is 14.5. The van der Waals surface area contributed by atoms with Gasteiger partial charge in [-0.15, -0.1) is 11.3 Å². The summed E-state index contributed by atoms with van der Waals surface area (Å²) in [6.45, 7) is 0. The first-order chi connectivity index (χ1) is 10.3. The minimum atomic E-state index is -0.116. The highest BCUT2D eigenvalue weighted by atomic mass is 32.1. The summed E-state index contributed by atoms with van der Waals surface area (Å²) in [6.07, 6.45) is 4.44. The number of benzene rings is 1. The Hall–Kier alpha value is -1.94. The summed E-state index contributed by atoms with van der Waals surface area (Å²) in [5.74, 6) is 0.221. The van der Waals surface area contributed by atoms with Crippen LogP contribution in [0, 0.1) is 0 Å². The van der Waals surface area contributed by atoms with Gasteiger partial charge in [0.25, 0.3) is 5.91 Å². The zero-order valence-corrected chi connectivity index (χ0v) is 12.6. The van der Waals surface area contributed by atoms with Crippen molar-refractivity contribution in [3.8, 4) is 0 Å². The molecule has 1 aliphatic carbocycles. The lowest BCUT2D eigenvalue weighted by Crippen LogP contribution is -2.24. The summed E-state index contributed by atoms with van der Waals surface area (Å²) >= 11 is 1.43. The van der Waals surface area contributed by atoms with E-state index in [9.17, 15) is 4.79 Å². The number of rotatable bonds is 3.